The molecule has 0 saturated carbocycles. The minimum Gasteiger partial charge on any atom is -0.488 e. The number of fused-ring (bicyclic) bond motifs is 1. The van der Waals surface area contributed by atoms with Gasteiger partial charge in [0.25, 0.3) is 0 Å². The van der Waals surface area contributed by atoms with Gasteiger partial charge in [0.15, 0.2) is 5.69 Å². The highest BCUT2D eigenvalue weighted by Crippen LogP contribution is 2.28. The molecule has 2 aromatic rings. The van der Waals surface area contributed by atoms with Gasteiger partial charge in [-0.15, -0.1) is 0 Å². The van der Waals surface area contributed by atoms with Gasteiger partial charge in [0.1, 0.15) is 17.7 Å². The molecule has 108 valence electrons. The zero-order valence-corrected chi connectivity index (χ0v) is 11.6. The number of anilines is 1. The molecule has 0 spiro atoms. The van der Waals surface area contributed by atoms with E-state index in [0.29, 0.717) is 12.4 Å². The number of ether oxygens (including phenoxy) is 2. The topological polar surface area (TPSA) is 73.3 Å². The van der Waals surface area contributed by atoms with Crippen LogP contribution in [0.25, 0.3) is 0 Å². The third-order valence-electron chi connectivity index (χ3n) is 3.27. The summed E-state index contributed by atoms with van der Waals surface area (Å²) in [5.41, 5.74) is 1.41. The number of nitrogens with one attached hydrogen (secondary N) is 1. The summed E-state index contributed by atoms with van der Waals surface area (Å²) in [7, 11) is 1.31. The van der Waals surface area contributed by atoms with Gasteiger partial charge < -0.3 is 14.8 Å². The van der Waals surface area contributed by atoms with Crippen molar-refractivity contribution in [2.24, 2.45) is 0 Å². The summed E-state index contributed by atoms with van der Waals surface area (Å²) in [5, 5.41) is 3.15. The molecule has 0 bridgehead atoms. The number of benzene rings is 1. The molecule has 0 saturated heterocycles. The molecule has 1 aromatic heterocycles. The number of aromatic nitrogens is 2. The lowest BCUT2D eigenvalue weighted by Gasteiger charge is -2.12. The van der Waals surface area contributed by atoms with Crippen molar-refractivity contribution in [2.75, 3.05) is 19.0 Å². The standard InChI is InChI=1S/C15H15N3O3/c1-20-15(19)12-8-18-14(9-16-12)17-7-11-6-10-4-2-3-5-13(10)21-11/h2-5,8-9,11H,6-7H2,1H3,(H,17,18). The highest BCUT2D eigenvalue weighted by molar-refractivity contribution is 5.86. The summed E-state index contributed by atoms with van der Waals surface area (Å²) in [6.45, 7) is 0.626. The van der Waals surface area contributed by atoms with Crippen LogP contribution in [0.1, 0.15) is 16.1 Å². The van der Waals surface area contributed by atoms with Crippen molar-refractivity contribution in [3.05, 3.63) is 47.9 Å². The van der Waals surface area contributed by atoms with E-state index < -0.39 is 5.97 Å². The fourth-order valence-corrected chi connectivity index (χ4v) is 2.22. The molecule has 0 amide bonds. The first-order chi connectivity index (χ1) is 10.3. The summed E-state index contributed by atoms with van der Waals surface area (Å²) >= 11 is 0. The van der Waals surface area contributed by atoms with Crippen LogP contribution in [-0.2, 0) is 11.2 Å². The molecule has 6 heteroatoms. The molecule has 0 fully saturated rings. The first kappa shape index (κ1) is 13.4. The lowest BCUT2D eigenvalue weighted by atomic mass is 10.1. The SMILES string of the molecule is COC(=O)c1cnc(NCC2Cc3ccccc3O2)cn1. The summed E-state index contributed by atoms with van der Waals surface area (Å²) in [5.74, 6) is 1.04. The maximum atomic E-state index is 11.3. The minimum atomic E-state index is -0.497. The Kier molecular flexibility index (Phi) is 3.68. The van der Waals surface area contributed by atoms with Crippen LogP contribution in [-0.4, -0.2) is 35.7 Å². The molecular formula is C15H15N3O3. The number of hydrogen-bond donors (Lipinski definition) is 1. The van der Waals surface area contributed by atoms with Crippen LogP contribution in [0.4, 0.5) is 5.82 Å². The van der Waals surface area contributed by atoms with Crippen molar-refractivity contribution in [1.29, 1.82) is 0 Å². The van der Waals surface area contributed by atoms with E-state index in [2.05, 4.69) is 26.1 Å². The van der Waals surface area contributed by atoms with Crippen LogP contribution in [0.5, 0.6) is 5.75 Å². The first-order valence-corrected chi connectivity index (χ1v) is 6.65. The Morgan fingerprint density at radius 3 is 2.95 bits per heavy atom. The van der Waals surface area contributed by atoms with Crippen molar-refractivity contribution in [3.8, 4) is 5.75 Å². The first-order valence-electron chi connectivity index (χ1n) is 6.65. The molecule has 1 aliphatic heterocycles. The summed E-state index contributed by atoms with van der Waals surface area (Å²) in [4.78, 5) is 19.4. The molecule has 0 radical (unpaired) electrons. The van der Waals surface area contributed by atoms with E-state index in [1.54, 1.807) is 0 Å². The van der Waals surface area contributed by atoms with Crippen molar-refractivity contribution < 1.29 is 14.3 Å². The maximum absolute atomic E-state index is 11.3. The predicted molar refractivity (Wildman–Crippen MR) is 76.4 cm³/mol. The Labute approximate surface area is 122 Å². The number of hydrogen-bond acceptors (Lipinski definition) is 6. The quantitative estimate of drug-likeness (QED) is 0.862. The number of methoxy groups -OCH3 is 1. The van der Waals surface area contributed by atoms with Crippen molar-refractivity contribution in [3.63, 3.8) is 0 Å². The molecule has 6 nitrogen and oxygen atoms in total. The maximum Gasteiger partial charge on any atom is 0.358 e. The lowest BCUT2D eigenvalue weighted by Crippen LogP contribution is -2.24. The van der Waals surface area contributed by atoms with Gasteiger partial charge in [0, 0.05) is 6.42 Å². The second kappa shape index (κ2) is 5.78. The van der Waals surface area contributed by atoms with Gasteiger partial charge in [-0.25, -0.2) is 14.8 Å². The Balaban J connectivity index is 1.56. The van der Waals surface area contributed by atoms with Gasteiger partial charge in [-0.1, -0.05) is 18.2 Å². The Hall–Kier alpha value is -2.63. The molecule has 3 rings (SSSR count). The van der Waals surface area contributed by atoms with E-state index >= 15 is 0 Å². The van der Waals surface area contributed by atoms with Gasteiger partial charge in [-0.2, -0.15) is 0 Å². The highest BCUT2D eigenvalue weighted by atomic mass is 16.5. The number of rotatable bonds is 4. The van der Waals surface area contributed by atoms with Crippen LogP contribution in [0.15, 0.2) is 36.7 Å². The monoisotopic (exact) mass is 285 g/mol. The number of nitrogens with zero attached hydrogens (tertiary/aromatic N) is 2. The van der Waals surface area contributed by atoms with Crippen LogP contribution in [0.2, 0.25) is 0 Å². The largest absolute Gasteiger partial charge is 0.488 e. The van der Waals surface area contributed by atoms with Crippen LogP contribution in [0.3, 0.4) is 0 Å². The van der Waals surface area contributed by atoms with E-state index in [9.17, 15) is 4.79 Å². The molecular weight excluding hydrogens is 270 g/mol. The smallest absolute Gasteiger partial charge is 0.358 e. The van der Waals surface area contributed by atoms with E-state index in [1.165, 1.54) is 25.1 Å². The molecule has 2 heterocycles. The van der Waals surface area contributed by atoms with Gasteiger partial charge >= 0.3 is 5.97 Å². The summed E-state index contributed by atoms with van der Waals surface area (Å²) in [6, 6.07) is 8.02. The second-order valence-electron chi connectivity index (χ2n) is 4.71. The van der Waals surface area contributed by atoms with E-state index in [1.807, 2.05) is 18.2 Å². The number of carbonyl (C=O) groups is 1. The average Bonchev–Trinajstić information content (AvgIpc) is 2.95. The molecule has 1 aromatic carbocycles. The number of esters is 1. The van der Waals surface area contributed by atoms with Crippen molar-refractivity contribution in [1.82, 2.24) is 9.97 Å². The van der Waals surface area contributed by atoms with E-state index in [0.717, 1.165) is 12.2 Å². The number of carbonyl (C=O) groups excluding carboxylic acids is 1. The third kappa shape index (κ3) is 2.94. The number of para-hydroxylation sites is 1. The van der Waals surface area contributed by atoms with Gasteiger partial charge in [-0.05, 0) is 11.6 Å². The van der Waals surface area contributed by atoms with Crippen LogP contribution < -0.4 is 10.1 Å². The van der Waals surface area contributed by atoms with E-state index in [-0.39, 0.29) is 11.8 Å². The Morgan fingerprint density at radius 1 is 1.38 bits per heavy atom. The second-order valence-corrected chi connectivity index (χ2v) is 4.71. The third-order valence-corrected chi connectivity index (χ3v) is 3.27. The zero-order valence-electron chi connectivity index (χ0n) is 11.6. The fraction of sp³-hybridized carbons (Fsp3) is 0.267. The Bertz CT molecular complexity index is 618. The summed E-state index contributed by atoms with van der Waals surface area (Å²) < 4.78 is 10.4. The molecule has 0 aliphatic carbocycles. The van der Waals surface area contributed by atoms with Crippen molar-refractivity contribution >= 4 is 11.8 Å². The van der Waals surface area contributed by atoms with Crippen LogP contribution >= 0.6 is 0 Å². The zero-order chi connectivity index (χ0) is 14.7. The van der Waals surface area contributed by atoms with Crippen molar-refractivity contribution in [2.45, 2.75) is 12.5 Å². The highest BCUT2D eigenvalue weighted by Gasteiger charge is 2.22. The molecule has 1 aliphatic rings. The lowest BCUT2D eigenvalue weighted by molar-refractivity contribution is 0.0593. The normalized spacial score (nSPS) is 16.0. The van der Waals surface area contributed by atoms with E-state index in [4.69, 9.17) is 4.74 Å². The molecule has 1 atom stereocenters. The van der Waals surface area contributed by atoms with Crippen LogP contribution in [0, 0.1) is 0 Å². The van der Waals surface area contributed by atoms with Gasteiger partial charge in [0.2, 0.25) is 0 Å². The molecule has 21 heavy (non-hydrogen) atoms. The Morgan fingerprint density at radius 2 is 2.24 bits per heavy atom. The van der Waals surface area contributed by atoms with Gasteiger partial charge in [-0.3, -0.25) is 0 Å². The molecule has 1 N–H and O–H groups in total. The molecule has 1 unspecified atom stereocenters. The van der Waals surface area contributed by atoms with Gasteiger partial charge in [0.05, 0.1) is 26.0 Å². The average molecular weight is 285 g/mol. The fourth-order valence-electron chi connectivity index (χ4n) is 2.22. The minimum absolute atomic E-state index is 0.0736. The summed E-state index contributed by atoms with van der Waals surface area (Å²) in [6.07, 6.45) is 3.84. The predicted octanol–water partition coefficient (Wildman–Crippen LogP) is 1.68.